The lowest BCUT2D eigenvalue weighted by Gasteiger charge is -2.30. The number of fused-ring (bicyclic) bond motifs is 1. The van der Waals surface area contributed by atoms with Crippen LogP contribution in [0.1, 0.15) is 23.6 Å². The van der Waals surface area contributed by atoms with E-state index < -0.39 is 22.3 Å². The van der Waals surface area contributed by atoms with Crippen LogP contribution in [0.5, 0.6) is 0 Å². The lowest BCUT2D eigenvalue weighted by atomic mass is 10.1. The number of pyridine rings is 1. The smallest absolute Gasteiger partial charge is 0.314 e. The van der Waals surface area contributed by atoms with Crippen LogP contribution >= 0.6 is 0 Å². The number of halogens is 2. The Kier molecular flexibility index (Phi) is 4.34. The molecule has 0 atom stereocenters. The molecule has 0 aliphatic carbocycles. The SMILES string of the molecule is O=S1(=O)CCc2ccccc2N1Cc1ccc(-c2nnc(C(F)F)o2)cn1. The molecule has 0 unspecified atom stereocenters. The molecule has 7 nitrogen and oxygen atoms in total. The Morgan fingerprint density at radius 1 is 1.15 bits per heavy atom. The highest BCUT2D eigenvalue weighted by Crippen LogP contribution is 2.30. The molecule has 0 spiro atoms. The first-order valence-electron chi connectivity index (χ1n) is 8.09. The second-order valence-electron chi connectivity index (χ2n) is 5.99. The Hall–Kier alpha value is -2.88. The van der Waals surface area contributed by atoms with Gasteiger partial charge in [0.2, 0.25) is 15.9 Å². The largest absolute Gasteiger partial charge is 0.415 e. The van der Waals surface area contributed by atoms with E-state index in [-0.39, 0.29) is 18.2 Å². The molecule has 0 amide bonds. The van der Waals surface area contributed by atoms with Gasteiger partial charge >= 0.3 is 6.43 Å². The van der Waals surface area contributed by atoms with E-state index in [9.17, 15) is 17.2 Å². The predicted molar refractivity (Wildman–Crippen MR) is 92.6 cm³/mol. The molecular formula is C17H14F2N4O3S. The van der Waals surface area contributed by atoms with Gasteiger partial charge in [0.25, 0.3) is 5.89 Å². The van der Waals surface area contributed by atoms with E-state index in [4.69, 9.17) is 4.42 Å². The van der Waals surface area contributed by atoms with Crippen molar-refractivity contribution in [3.05, 3.63) is 59.7 Å². The van der Waals surface area contributed by atoms with E-state index in [0.717, 1.165) is 5.56 Å². The Bertz CT molecular complexity index is 1070. The third-order valence-corrected chi connectivity index (χ3v) is 5.95. The average molecular weight is 392 g/mol. The fourth-order valence-corrected chi connectivity index (χ4v) is 4.38. The van der Waals surface area contributed by atoms with Crippen LogP contribution < -0.4 is 4.31 Å². The zero-order chi connectivity index (χ0) is 19.0. The molecule has 0 radical (unpaired) electrons. The van der Waals surface area contributed by atoms with Gasteiger partial charge in [0.1, 0.15) is 0 Å². The van der Waals surface area contributed by atoms with Crippen LogP contribution in [0.25, 0.3) is 11.5 Å². The summed E-state index contributed by atoms with van der Waals surface area (Å²) < 4.78 is 56.3. The van der Waals surface area contributed by atoms with Crippen LogP contribution in [-0.2, 0) is 23.0 Å². The van der Waals surface area contributed by atoms with Gasteiger partial charge in [-0.15, -0.1) is 10.2 Å². The average Bonchev–Trinajstić information content (AvgIpc) is 3.15. The minimum Gasteiger partial charge on any atom is -0.415 e. The maximum atomic E-state index is 12.5. The van der Waals surface area contributed by atoms with E-state index >= 15 is 0 Å². The number of para-hydroxylation sites is 1. The van der Waals surface area contributed by atoms with Gasteiger partial charge < -0.3 is 4.42 Å². The van der Waals surface area contributed by atoms with Crippen molar-refractivity contribution in [2.45, 2.75) is 19.4 Å². The number of sulfonamides is 1. The topological polar surface area (TPSA) is 89.2 Å². The third kappa shape index (κ3) is 3.39. The lowest BCUT2D eigenvalue weighted by Crippen LogP contribution is -2.37. The zero-order valence-electron chi connectivity index (χ0n) is 13.9. The molecular weight excluding hydrogens is 378 g/mol. The molecule has 0 bridgehead atoms. The van der Waals surface area contributed by atoms with Gasteiger partial charge in [-0.05, 0) is 30.2 Å². The van der Waals surface area contributed by atoms with Crippen molar-refractivity contribution < 1.29 is 21.6 Å². The minimum atomic E-state index is -3.43. The first kappa shape index (κ1) is 17.5. The van der Waals surface area contributed by atoms with Crippen molar-refractivity contribution in [2.75, 3.05) is 10.1 Å². The molecule has 0 saturated carbocycles. The van der Waals surface area contributed by atoms with Crippen molar-refractivity contribution in [2.24, 2.45) is 0 Å². The van der Waals surface area contributed by atoms with E-state index in [1.165, 1.54) is 10.5 Å². The number of hydrogen-bond donors (Lipinski definition) is 0. The number of aryl methyl sites for hydroxylation is 1. The summed E-state index contributed by atoms with van der Waals surface area (Å²) in [6.07, 6.45) is -0.978. The summed E-state index contributed by atoms with van der Waals surface area (Å²) in [6.45, 7) is 0.0751. The maximum Gasteiger partial charge on any atom is 0.314 e. The van der Waals surface area contributed by atoms with Crippen molar-refractivity contribution in [1.29, 1.82) is 0 Å². The van der Waals surface area contributed by atoms with Crippen LogP contribution in [0.3, 0.4) is 0 Å². The molecule has 0 N–H and O–H groups in total. The summed E-state index contributed by atoms with van der Waals surface area (Å²) in [7, 11) is -3.43. The number of alkyl halides is 2. The van der Waals surface area contributed by atoms with Gasteiger partial charge in [-0.25, -0.2) is 8.42 Å². The van der Waals surface area contributed by atoms with Crippen molar-refractivity contribution >= 4 is 15.7 Å². The monoisotopic (exact) mass is 392 g/mol. The van der Waals surface area contributed by atoms with Crippen LogP contribution in [0.15, 0.2) is 47.0 Å². The molecule has 4 rings (SSSR count). The van der Waals surface area contributed by atoms with Gasteiger partial charge in [-0.1, -0.05) is 18.2 Å². The first-order chi connectivity index (χ1) is 12.9. The fourth-order valence-electron chi connectivity index (χ4n) is 2.88. The number of hydrogen-bond acceptors (Lipinski definition) is 6. The third-order valence-electron chi connectivity index (χ3n) is 4.23. The summed E-state index contributed by atoms with van der Waals surface area (Å²) in [6, 6.07) is 10.5. The van der Waals surface area contributed by atoms with Gasteiger partial charge in [0, 0.05) is 6.20 Å². The highest BCUT2D eigenvalue weighted by molar-refractivity contribution is 7.92. The van der Waals surface area contributed by atoms with E-state index in [1.54, 1.807) is 24.3 Å². The van der Waals surface area contributed by atoms with Crippen LogP contribution in [0, 0.1) is 0 Å². The molecule has 0 fully saturated rings. The molecule has 1 aliphatic rings. The Labute approximate surface area is 153 Å². The van der Waals surface area contributed by atoms with Crippen molar-refractivity contribution in [1.82, 2.24) is 15.2 Å². The van der Waals surface area contributed by atoms with Crippen LogP contribution in [0.2, 0.25) is 0 Å². The highest BCUT2D eigenvalue weighted by Gasteiger charge is 2.29. The Morgan fingerprint density at radius 3 is 2.67 bits per heavy atom. The van der Waals surface area contributed by atoms with E-state index in [1.807, 2.05) is 12.1 Å². The zero-order valence-corrected chi connectivity index (χ0v) is 14.7. The molecule has 0 saturated heterocycles. The second-order valence-corrected chi connectivity index (χ2v) is 8.00. The molecule has 3 heterocycles. The minimum absolute atomic E-state index is 0.0421. The quantitative estimate of drug-likeness (QED) is 0.678. The molecule has 27 heavy (non-hydrogen) atoms. The van der Waals surface area contributed by atoms with Gasteiger partial charge in [0.15, 0.2) is 0 Å². The van der Waals surface area contributed by atoms with E-state index in [0.29, 0.717) is 23.4 Å². The van der Waals surface area contributed by atoms with Crippen LogP contribution in [0.4, 0.5) is 14.5 Å². The molecule has 10 heteroatoms. The standard InChI is InChI=1S/C17H14F2N4O3S/c18-15(19)17-22-21-16(26-17)12-5-6-13(20-9-12)10-23-14-4-2-1-3-11(14)7-8-27(23,24)25/h1-6,9,15H,7-8,10H2. The summed E-state index contributed by atoms with van der Waals surface area (Å²) in [4.78, 5) is 4.22. The molecule has 3 aromatic rings. The van der Waals surface area contributed by atoms with Crippen molar-refractivity contribution in [3.63, 3.8) is 0 Å². The molecule has 2 aromatic heterocycles. The maximum absolute atomic E-state index is 12.5. The summed E-state index contributed by atoms with van der Waals surface area (Å²) in [5.74, 6) is -0.786. The van der Waals surface area contributed by atoms with Crippen molar-refractivity contribution in [3.8, 4) is 11.5 Å². The van der Waals surface area contributed by atoms with Crippen LogP contribution in [-0.4, -0.2) is 29.4 Å². The Balaban J connectivity index is 1.59. The van der Waals surface area contributed by atoms with E-state index in [2.05, 4.69) is 15.2 Å². The van der Waals surface area contributed by atoms with Gasteiger partial charge in [-0.3, -0.25) is 9.29 Å². The summed E-state index contributed by atoms with van der Waals surface area (Å²) in [5.41, 5.74) is 2.50. The predicted octanol–water partition coefficient (Wildman–Crippen LogP) is 2.96. The summed E-state index contributed by atoms with van der Waals surface area (Å²) >= 11 is 0. The lowest BCUT2D eigenvalue weighted by molar-refractivity contribution is 0.116. The fraction of sp³-hybridized carbons (Fsp3) is 0.235. The Morgan fingerprint density at radius 2 is 1.96 bits per heavy atom. The number of aromatic nitrogens is 3. The highest BCUT2D eigenvalue weighted by atomic mass is 32.2. The molecule has 1 aliphatic heterocycles. The molecule has 1 aromatic carbocycles. The summed E-state index contributed by atoms with van der Waals surface area (Å²) in [5, 5.41) is 6.83. The normalized spacial score (nSPS) is 15.7. The van der Waals surface area contributed by atoms with Gasteiger partial charge in [0.05, 0.1) is 29.2 Å². The molecule has 140 valence electrons. The second kappa shape index (κ2) is 6.69. The number of rotatable bonds is 4. The number of anilines is 1. The number of nitrogens with zero attached hydrogens (tertiary/aromatic N) is 4. The van der Waals surface area contributed by atoms with Gasteiger partial charge in [-0.2, -0.15) is 8.78 Å². The number of benzene rings is 1. The first-order valence-corrected chi connectivity index (χ1v) is 9.70.